The van der Waals surface area contributed by atoms with Crippen molar-refractivity contribution >= 4 is 0 Å². The molecule has 0 aromatic carbocycles. The molecule has 1 fully saturated rings. The average molecular weight is 204 g/mol. The number of hydrogen-bond donors (Lipinski definition) is 0. The molecule has 1 rings (SSSR count). The molecule has 1 unspecified atom stereocenters. The van der Waals surface area contributed by atoms with E-state index in [-0.39, 0.29) is 0 Å². The highest BCUT2D eigenvalue weighted by molar-refractivity contribution is 4.96. The highest BCUT2D eigenvalue weighted by Crippen LogP contribution is 2.46. The first-order chi connectivity index (χ1) is 7.26. The summed E-state index contributed by atoms with van der Waals surface area (Å²) < 4.78 is 0. The molecule has 0 nitrogen and oxygen atoms in total. The van der Waals surface area contributed by atoms with Gasteiger partial charge >= 0.3 is 0 Å². The van der Waals surface area contributed by atoms with Gasteiger partial charge in [0.1, 0.15) is 0 Å². The van der Waals surface area contributed by atoms with Crippen molar-refractivity contribution in [2.45, 2.75) is 44.9 Å². The SMILES string of the molecule is C=CCC1CCCC(CC=C)(CC=C)C1. The van der Waals surface area contributed by atoms with Crippen LogP contribution in [0, 0.1) is 11.3 Å². The summed E-state index contributed by atoms with van der Waals surface area (Å²) in [6, 6.07) is 0. The lowest BCUT2D eigenvalue weighted by Crippen LogP contribution is -2.27. The van der Waals surface area contributed by atoms with Gasteiger partial charge < -0.3 is 0 Å². The van der Waals surface area contributed by atoms with E-state index in [9.17, 15) is 0 Å². The van der Waals surface area contributed by atoms with Crippen LogP contribution in [0.3, 0.4) is 0 Å². The summed E-state index contributed by atoms with van der Waals surface area (Å²) in [5.74, 6) is 0.844. The third-order valence-electron chi connectivity index (χ3n) is 3.70. The second-order valence-electron chi connectivity index (χ2n) is 4.97. The van der Waals surface area contributed by atoms with Crippen molar-refractivity contribution in [2.24, 2.45) is 11.3 Å². The fourth-order valence-electron chi connectivity index (χ4n) is 3.09. The van der Waals surface area contributed by atoms with Crippen molar-refractivity contribution in [1.29, 1.82) is 0 Å². The Hall–Kier alpha value is -0.780. The zero-order valence-corrected chi connectivity index (χ0v) is 9.88. The molecular weight excluding hydrogens is 180 g/mol. The van der Waals surface area contributed by atoms with Crippen LogP contribution in [0.1, 0.15) is 44.9 Å². The van der Waals surface area contributed by atoms with Crippen molar-refractivity contribution in [3.05, 3.63) is 38.0 Å². The fourth-order valence-corrected chi connectivity index (χ4v) is 3.09. The molecule has 0 amide bonds. The van der Waals surface area contributed by atoms with Gasteiger partial charge in [0.05, 0.1) is 0 Å². The van der Waals surface area contributed by atoms with Gasteiger partial charge in [-0.25, -0.2) is 0 Å². The van der Waals surface area contributed by atoms with Crippen molar-refractivity contribution < 1.29 is 0 Å². The summed E-state index contributed by atoms with van der Waals surface area (Å²) in [6.07, 6.45) is 15.1. The molecule has 0 aromatic heterocycles. The van der Waals surface area contributed by atoms with E-state index in [1.54, 1.807) is 0 Å². The predicted molar refractivity (Wildman–Crippen MR) is 68.8 cm³/mol. The van der Waals surface area contributed by atoms with Gasteiger partial charge in [-0.2, -0.15) is 0 Å². The van der Waals surface area contributed by atoms with E-state index >= 15 is 0 Å². The standard InChI is InChI=1S/C15H24/c1-4-8-14-9-7-12-15(13-14,10-5-2)11-6-3/h4-6,14H,1-3,7-13H2. The molecule has 84 valence electrons. The second-order valence-corrected chi connectivity index (χ2v) is 4.97. The van der Waals surface area contributed by atoms with E-state index in [1.807, 2.05) is 0 Å². The Morgan fingerprint density at radius 3 is 2.27 bits per heavy atom. The monoisotopic (exact) mass is 204 g/mol. The number of rotatable bonds is 6. The van der Waals surface area contributed by atoms with Crippen LogP contribution in [-0.2, 0) is 0 Å². The molecule has 0 spiro atoms. The Bertz CT molecular complexity index is 214. The zero-order valence-electron chi connectivity index (χ0n) is 9.88. The first-order valence-corrected chi connectivity index (χ1v) is 6.09. The minimum atomic E-state index is 0.468. The maximum Gasteiger partial charge on any atom is -0.0226 e. The van der Waals surface area contributed by atoms with E-state index in [2.05, 4.69) is 38.0 Å². The summed E-state index contributed by atoms with van der Waals surface area (Å²) in [5, 5.41) is 0. The minimum Gasteiger partial charge on any atom is -0.103 e. The van der Waals surface area contributed by atoms with Gasteiger partial charge in [0, 0.05) is 0 Å². The molecule has 0 N–H and O–H groups in total. The zero-order chi connectivity index (χ0) is 11.1. The van der Waals surface area contributed by atoms with Gasteiger partial charge in [-0.1, -0.05) is 31.1 Å². The Morgan fingerprint density at radius 1 is 1.07 bits per heavy atom. The molecule has 0 heteroatoms. The molecule has 0 saturated heterocycles. The van der Waals surface area contributed by atoms with Gasteiger partial charge in [-0.05, 0) is 43.4 Å². The molecule has 0 aliphatic heterocycles. The van der Waals surface area contributed by atoms with Crippen molar-refractivity contribution in [3.63, 3.8) is 0 Å². The van der Waals surface area contributed by atoms with Crippen LogP contribution in [0.5, 0.6) is 0 Å². The Morgan fingerprint density at radius 2 is 1.73 bits per heavy atom. The second kappa shape index (κ2) is 5.95. The average Bonchev–Trinajstić information content (AvgIpc) is 2.19. The Balaban J connectivity index is 2.64. The summed E-state index contributed by atoms with van der Waals surface area (Å²) in [6.45, 7) is 11.7. The molecule has 1 atom stereocenters. The molecule has 1 saturated carbocycles. The summed E-state index contributed by atoms with van der Waals surface area (Å²) in [4.78, 5) is 0. The quantitative estimate of drug-likeness (QED) is 0.540. The minimum absolute atomic E-state index is 0.468. The molecule has 0 bridgehead atoms. The third-order valence-corrected chi connectivity index (χ3v) is 3.70. The van der Waals surface area contributed by atoms with Crippen LogP contribution >= 0.6 is 0 Å². The van der Waals surface area contributed by atoms with Crippen LogP contribution in [-0.4, -0.2) is 0 Å². The third kappa shape index (κ3) is 3.37. The van der Waals surface area contributed by atoms with E-state index in [4.69, 9.17) is 0 Å². The summed E-state index contributed by atoms with van der Waals surface area (Å²) in [7, 11) is 0. The fraction of sp³-hybridized carbons (Fsp3) is 0.600. The lowest BCUT2D eigenvalue weighted by molar-refractivity contribution is 0.143. The first kappa shape index (κ1) is 12.3. The van der Waals surface area contributed by atoms with Gasteiger partial charge in [0.15, 0.2) is 0 Å². The van der Waals surface area contributed by atoms with Crippen molar-refractivity contribution in [3.8, 4) is 0 Å². The van der Waals surface area contributed by atoms with E-state index < -0.39 is 0 Å². The highest BCUT2D eigenvalue weighted by Gasteiger charge is 2.33. The van der Waals surface area contributed by atoms with Crippen molar-refractivity contribution in [1.82, 2.24) is 0 Å². The summed E-state index contributed by atoms with van der Waals surface area (Å²) >= 11 is 0. The number of hydrogen-bond acceptors (Lipinski definition) is 0. The molecule has 1 aliphatic rings. The van der Waals surface area contributed by atoms with Gasteiger partial charge in [-0.3, -0.25) is 0 Å². The molecule has 15 heavy (non-hydrogen) atoms. The lowest BCUT2D eigenvalue weighted by atomic mass is 9.65. The van der Waals surface area contributed by atoms with E-state index in [0.29, 0.717) is 5.41 Å². The molecule has 0 aromatic rings. The molecular formula is C15H24. The Kier molecular flexibility index (Phi) is 4.87. The lowest BCUT2D eigenvalue weighted by Gasteiger charge is -2.40. The van der Waals surface area contributed by atoms with Crippen LogP contribution in [0.4, 0.5) is 0 Å². The largest absolute Gasteiger partial charge is 0.103 e. The normalized spacial score (nSPS) is 24.4. The first-order valence-electron chi connectivity index (χ1n) is 6.09. The van der Waals surface area contributed by atoms with Crippen LogP contribution in [0.2, 0.25) is 0 Å². The van der Waals surface area contributed by atoms with E-state index in [1.165, 1.54) is 32.1 Å². The van der Waals surface area contributed by atoms with Gasteiger partial charge in [0.2, 0.25) is 0 Å². The van der Waals surface area contributed by atoms with E-state index in [0.717, 1.165) is 18.8 Å². The highest BCUT2D eigenvalue weighted by atomic mass is 14.4. The van der Waals surface area contributed by atoms with Crippen LogP contribution < -0.4 is 0 Å². The summed E-state index contributed by atoms with van der Waals surface area (Å²) in [5.41, 5.74) is 0.468. The van der Waals surface area contributed by atoms with Gasteiger partial charge in [-0.15, -0.1) is 19.7 Å². The predicted octanol–water partition coefficient (Wildman–Crippen LogP) is 4.89. The maximum atomic E-state index is 3.90. The number of allylic oxidation sites excluding steroid dienone is 3. The topological polar surface area (TPSA) is 0 Å². The maximum absolute atomic E-state index is 3.90. The molecule has 0 radical (unpaired) electrons. The van der Waals surface area contributed by atoms with Crippen molar-refractivity contribution in [2.75, 3.05) is 0 Å². The van der Waals surface area contributed by atoms with Gasteiger partial charge in [0.25, 0.3) is 0 Å². The molecule has 1 aliphatic carbocycles. The smallest absolute Gasteiger partial charge is 0.0226 e. The van der Waals surface area contributed by atoms with Crippen LogP contribution in [0.25, 0.3) is 0 Å². The van der Waals surface area contributed by atoms with Crippen LogP contribution in [0.15, 0.2) is 38.0 Å². The molecule has 0 heterocycles. The Labute approximate surface area is 94.8 Å².